The fraction of sp³-hybridized carbons (Fsp3) is 0.125. The first-order chi connectivity index (χ1) is 9.88. The van der Waals surface area contributed by atoms with Crippen LogP contribution in [0.25, 0.3) is 6.08 Å². The second kappa shape index (κ2) is 6.33. The summed E-state index contributed by atoms with van der Waals surface area (Å²) in [5.41, 5.74) is -0.164. The molecular weight excluding hydrogens is 301 g/mol. The van der Waals surface area contributed by atoms with Gasteiger partial charge in [0.15, 0.2) is 0 Å². The molecule has 0 unspecified atom stereocenters. The van der Waals surface area contributed by atoms with Crippen LogP contribution in [0, 0.1) is 0 Å². The summed E-state index contributed by atoms with van der Waals surface area (Å²) in [6.45, 7) is 0. The lowest BCUT2D eigenvalue weighted by molar-refractivity contribution is -0.137. The first kappa shape index (κ1) is 15.6. The zero-order chi connectivity index (χ0) is 15.5. The van der Waals surface area contributed by atoms with Crippen molar-refractivity contribution in [3.8, 4) is 0 Å². The Hall–Kier alpha value is -1.78. The number of aliphatic hydroxyl groups is 1. The minimum atomic E-state index is -4.42. The predicted octanol–water partition coefficient (Wildman–Crippen LogP) is 5.11. The number of aliphatic hydroxyl groups excluding tert-OH is 1. The summed E-state index contributed by atoms with van der Waals surface area (Å²) in [4.78, 5) is 0. The zero-order valence-electron chi connectivity index (χ0n) is 10.8. The molecule has 2 rings (SSSR count). The Morgan fingerprint density at radius 2 is 1.62 bits per heavy atom. The normalized spacial score (nSPS) is 13.6. The van der Waals surface area contributed by atoms with Gasteiger partial charge in [0.1, 0.15) is 0 Å². The Balaban J connectivity index is 2.23. The van der Waals surface area contributed by atoms with E-state index in [4.69, 9.17) is 11.6 Å². The molecule has 1 nitrogen and oxygen atoms in total. The number of hydrogen-bond acceptors (Lipinski definition) is 1. The topological polar surface area (TPSA) is 20.2 Å². The van der Waals surface area contributed by atoms with Gasteiger partial charge < -0.3 is 5.11 Å². The lowest BCUT2D eigenvalue weighted by Crippen LogP contribution is -2.07. The molecule has 2 aromatic carbocycles. The average molecular weight is 313 g/mol. The third kappa shape index (κ3) is 4.09. The van der Waals surface area contributed by atoms with E-state index >= 15 is 0 Å². The van der Waals surface area contributed by atoms with Gasteiger partial charge in [-0.1, -0.05) is 54.1 Å². The minimum absolute atomic E-state index is 0.0120. The zero-order valence-corrected chi connectivity index (χ0v) is 11.6. The van der Waals surface area contributed by atoms with E-state index in [9.17, 15) is 18.3 Å². The van der Waals surface area contributed by atoms with Gasteiger partial charge in [-0.3, -0.25) is 0 Å². The standard InChI is InChI=1S/C16H12ClF3O/c17-13-8-5-12(6-9-13)15(21)10-7-11-3-1-2-4-14(11)16(18,19)20/h1-10,15,21H/b10-7+/t15-/m1/s1. The molecule has 1 N–H and O–H groups in total. The molecule has 0 bridgehead atoms. The summed E-state index contributed by atoms with van der Waals surface area (Å²) >= 11 is 5.74. The molecular formula is C16H12ClF3O. The van der Waals surface area contributed by atoms with Crippen molar-refractivity contribution in [2.24, 2.45) is 0 Å². The maximum Gasteiger partial charge on any atom is 0.416 e. The molecule has 0 fully saturated rings. The third-order valence-corrected chi connectivity index (χ3v) is 3.19. The molecule has 0 saturated heterocycles. The fourth-order valence-corrected chi connectivity index (χ4v) is 1.99. The summed E-state index contributed by atoms with van der Waals surface area (Å²) in [6, 6.07) is 11.7. The van der Waals surface area contributed by atoms with Crippen LogP contribution in [-0.2, 0) is 6.18 Å². The second-order valence-corrected chi connectivity index (χ2v) is 4.88. The summed E-state index contributed by atoms with van der Waals surface area (Å²) in [6.07, 6.45) is -2.84. The van der Waals surface area contributed by atoms with Crippen LogP contribution in [0.3, 0.4) is 0 Å². The highest BCUT2D eigenvalue weighted by molar-refractivity contribution is 6.30. The molecule has 0 aliphatic carbocycles. The monoisotopic (exact) mass is 312 g/mol. The number of halogens is 4. The first-order valence-electron chi connectivity index (χ1n) is 6.16. The minimum Gasteiger partial charge on any atom is -0.384 e. The van der Waals surface area contributed by atoms with Crippen molar-refractivity contribution in [1.29, 1.82) is 0 Å². The maximum absolute atomic E-state index is 12.8. The Labute approximate surface area is 125 Å². The highest BCUT2D eigenvalue weighted by Gasteiger charge is 2.32. The first-order valence-corrected chi connectivity index (χ1v) is 6.53. The van der Waals surface area contributed by atoms with Gasteiger partial charge in [-0.15, -0.1) is 0 Å². The molecule has 21 heavy (non-hydrogen) atoms. The largest absolute Gasteiger partial charge is 0.416 e. The molecule has 110 valence electrons. The quantitative estimate of drug-likeness (QED) is 0.835. The van der Waals surface area contributed by atoms with Crippen LogP contribution in [0.5, 0.6) is 0 Å². The van der Waals surface area contributed by atoms with Crippen molar-refractivity contribution in [1.82, 2.24) is 0 Å². The van der Waals surface area contributed by atoms with Crippen molar-refractivity contribution >= 4 is 17.7 Å². The van der Waals surface area contributed by atoms with Gasteiger partial charge in [-0.2, -0.15) is 13.2 Å². The lowest BCUT2D eigenvalue weighted by Gasteiger charge is -2.10. The van der Waals surface area contributed by atoms with E-state index in [1.165, 1.54) is 30.4 Å². The molecule has 0 saturated carbocycles. The van der Waals surface area contributed by atoms with Crippen LogP contribution in [0.2, 0.25) is 5.02 Å². The summed E-state index contributed by atoms with van der Waals surface area (Å²) in [5, 5.41) is 10.5. The number of alkyl halides is 3. The van der Waals surface area contributed by atoms with E-state index in [2.05, 4.69) is 0 Å². The smallest absolute Gasteiger partial charge is 0.384 e. The van der Waals surface area contributed by atoms with E-state index < -0.39 is 17.8 Å². The molecule has 0 aliphatic rings. The third-order valence-electron chi connectivity index (χ3n) is 2.94. The Morgan fingerprint density at radius 1 is 1.00 bits per heavy atom. The van der Waals surface area contributed by atoms with Gasteiger partial charge in [0.2, 0.25) is 0 Å². The second-order valence-electron chi connectivity index (χ2n) is 4.44. The van der Waals surface area contributed by atoms with E-state index in [1.54, 1.807) is 24.3 Å². The summed E-state index contributed by atoms with van der Waals surface area (Å²) in [5.74, 6) is 0. The van der Waals surface area contributed by atoms with Crippen LogP contribution in [0.1, 0.15) is 22.8 Å². The molecule has 0 spiro atoms. The molecule has 0 heterocycles. The Kier molecular flexibility index (Phi) is 4.70. The van der Waals surface area contributed by atoms with Crippen LogP contribution < -0.4 is 0 Å². The fourth-order valence-electron chi connectivity index (χ4n) is 1.87. The maximum atomic E-state index is 12.8. The van der Waals surface area contributed by atoms with E-state index in [1.807, 2.05) is 0 Å². The van der Waals surface area contributed by atoms with E-state index in [-0.39, 0.29) is 5.56 Å². The SMILES string of the molecule is O[C@H](/C=C/c1ccccc1C(F)(F)F)c1ccc(Cl)cc1. The highest BCUT2D eigenvalue weighted by Crippen LogP contribution is 2.32. The molecule has 2 aromatic rings. The molecule has 1 atom stereocenters. The molecule has 5 heteroatoms. The predicted molar refractivity (Wildman–Crippen MR) is 76.9 cm³/mol. The van der Waals surface area contributed by atoms with Gasteiger partial charge >= 0.3 is 6.18 Å². The molecule has 0 radical (unpaired) electrons. The number of benzene rings is 2. The van der Waals surface area contributed by atoms with E-state index in [0.717, 1.165) is 6.07 Å². The Morgan fingerprint density at radius 3 is 2.24 bits per heavy atom. The Bertz CT molecular complexity index is 633. The van der Waals surface area contributed by atoms with Crippen LogP contribution >= 0.6 is 11.6 Å². The number of rotatable bonds is 3. The van der Waals surface area contributed by atoms with Gasteiger partial charge in [0, 0.05) is 5.02 Å². The summed E-state index contributed by atoms with van der Waals surface area (Å²) in [7, 11) is 0. The van der Waals surface area contributed by atoms with E-state index in [0.29, 0.717) is 10.6 Å². The van der Waals surface area contributed by atoms with Gasteiger partial charge in [-0.25, -0.2) is 0 Å². The molecule has 0 aliphatic heterocycles. The van der Waals surface area contributed by atoms with Crippen molar-refractivity contribution in [3.63, 3.8) is 0 Å². The van der Waals surface area contributed by atoms with Gasteiger partial charge in [0.05, 0.1) is 11.7 Å². The van der Waals surface area contributed by atoms with Gasteiger partial charge in [-0.05, 0) is 29.3 Å². The van der Waals surface area contributed by atoms with Crippen LogP contribution in [0.15, 0.2) is 54.6 Å². The van der Waals surface area contributed by atoms with Gasteiger partial charge in [0.25, 0.3) is 0 Å². The van der Waals surface area contributed by atoms with Crippen molar-refractivity contribution in [3.05, 3.63) is 76.3 Å². The van der Waals surface area contributed by atoms with Crippen LogP contribution in [0.4, 0.5) is 13.2 Å². The average Bonchev–Trinajstić information content (AvgIpc) is 2.45. The van der Waals surface area contributed by atoms with Crippen molar-refractivity contribution < 1.29 is 18.3 Å². The molecule has 0 amide bonds. The highest BCUT2D eigenvalue weighted by atomic mass is 35.5. The summed E-state index contributed by atoms with van der Waals surface area (Å²) < 4.78 is 38.5. The van der Waals surface area contributed by atoms with Crippen LogP contribution in [-0.4, -0.2) is 5.11 Å². The van der Waals surface area contributed by atoms with Crippen molar-refractivity contribution in [2.45, 2.75) is 12.3 Å². The number of hydrogen-bond donors (Lipinski definition) is 1. The lowest BCUT2D eigenvalue weighted by atomic mass is 10.0. The molecule has 0 aromatic heterocycles. The van der Waals surface area contributed by atoms with Crippen molar-refractivity contribution in [2.75, 3.05) is 0 Å².